The Labute approximate surface area is 146 Å². The third kappa shape index (κ3) is 3.51. The Morgan fingerprint density at radius 3 is 2.80 bits per heavy atom. The number of carbonyl (C=O) groups excluding carboxylic acids is 1. The molecule has 7 nitrogen and oxygen atoms in total. The number of nitrogens with zero attached hydrogens (tertiary/aromatic N) is 3. The zero-order chi connectivity index (χ0) is 17.2. The van der Waals surface area contributed by atoms with Crippen molar-refractivity contribution >= 4 is 28.6 Å². The predicted molar refractivity (Wildman–Crippen MR) is 97.0 cm³/mol. The largest absolute Gasteiger partial charge is 0.378 e. The van der Waals surface area contributed by atoms with Crippen LogP contribution in [0.5, 0.6) is 0 Å². The minimum absolute atomic E-state index is 0.187. The highest BCUT2D eigenvalue weighted by atomic mass is 16.5. The van der Waals surface area contributed by atoms with Crippen LogP contribution >= 0.6 is 0 Å². The van der Waals surface area contributed by atoms with Crippen LogP contribution in [0.3, 0.4) is 0 Å². The highest BCUT2D eigenvalue weighted by Crippen LogP contribution is 2.25. The van der Waals surface area contributed by atoms with Gasteiger partial charge in [-0.05, 0) is 31.0 Å². The number of ether oxygens (including phenoxy) is 1. The first kappa shape index (κ1) is 16.1. The van der Waals surface area contributed by atoms with Gasteiger partial charge in [0.05, 0.1) is 29.0 Å². The van der Waals surface area contributed by atoms with E-state index in [9.17, 15) is 4.79 Å². The molecule has 1 aliphatic carbocycles. The summed E-state index contributed by atoms with van der Waals surface area (Å²) < 4.78 is 5.31. The number of carbonyl (C=O) groups is 1. The van der Waals surface area contributed by atoms with E-state index in [1.165, 1.54) is 12.8 Å². The fourth-order valence-corrected chi connectivity index (χ4v) is 3.44. The number of fused-ring (bicyclic) bond motifs is 1. The van der Waals surface area contributed by atoms with Crippen molar-refractivity contribution < 1.29 is 9.53 Å². The molecule has 2 fully saturated rings. The molecule has 4 rings (SSSR count). The summed E-state index contributed by atoms with van der Waals surface area (Å²) in [5, 5.41) is 5.84. The third-order valence-electron chi connectivity index (χ3n) is 5.00. The van der Waals surface area contributed by atoms with Crippen molar-refractivity contribution in [2.75, 3.05) is 30.4 Å². The Hall–Kier alpha value is -2.41. The Morgan fingerprint density at radius 2 is 2.04 bits per heavy atom. The monoisotopic (exact) mass is 341 g/mol. The second-order valence-corrected chi connectivity index (χ2v) is 6.77. The summed E-state index contributed by atoms with van der Waals surface area (Å²) in [6.07, 6.45) is 6.64. The van der Waals surface area contributed by atoms with Crippen LogP contribution in [-0.2, 0) is 4.74 Å². The van der Waals surface area contributed by atoms with Gasteiger partial charge in [-0.3, -0.25) is 10.3 Å². The van der Waals surface area contributed by atoms with Crippen LogP contribution in [0.2, 0.25) is 0 Å². The highest BCUT2D eigenvalue weighted by molar-refractivity contribution is 5.90. The molecule has 2 aromatic heterocycles. The van der Waals surface area contributed by atoms with Crippen molar-refractivity contribution in [3.8, 4) is 0 Å². The second kappa shape index (κ2) is 6.84. The van der Waals surface area contributed by atoms with Gasteiger partial charge < -0.3 is 15.0 Å². The molecule has 1 saturated heterocycles. The van der Waals surface area contributed by atoms with Gasteiger partial charge in [0.15, 0.2) is 0 Å². The van der Waals surface area contributed by atoms with E-state index < -0.39 is 0 Å². The molecule has 2 aliphatic rings. The molecule has 3 heterocycles. The number of urea groups is 1. The van der Waals surface area contributed by atoms with Crippen molar-refractivity contribution in [2.45, 2.75) is 37.8 Å². The number of rotatable bonds is 4. The van der Waals surface area contributed by atoms with Gasteiger partial charge in [0, 0.05) is 26.2 Å². The van der Waals surface area contributed by atoms with E-state index in [2.05, 4.69) is 25.5 Å². The maximum absolute atomic E-state index is 12.1. The lowest BCUT2D eigenvalue weighted by molar-refractivity contribution is 0.0787. The lowest BCUT2D eigenvalue weighted by atomic mass is 10.1. The third-order valence-corrected chi connectivity index (χ3v) is 5.00. The zero-order valence-electron chi connectivity index (χ0n) is 14.4. The summed E-state index contributed by atoms with van der Waals surface area (Å²) in [5.41, 5.74) is 2.62. The van der Waals surface area contributed by atoms with Crippen molar-refractivity contribution in [1.82, 2.24) is 15.3 Å². The summed E-state index contributed by atoms with van der Waals surface area (Å²) in [5.74, 6) is 0.542. The minimum atomic E-state index is -0.187. The average Bonchev–Trinajstić information content (AvgIpc) is 3.06. The number of anilines is 2. The Morgan fingerprint density at radius 1 is 1.24 bits per heavy atom. The number of aromatic nitrogens is 2. The van der Waals surface area contributed by atoms with E-state index in [1.807, 2.05) is 18.3 Å². The maximum Gasteiger partial charge on any atom is 0.320 e. The molecule has 0 radical (unpaired) electrons. The van der Waals surface area contributed by atoms with Gasteiger partial charge >= 0.3 is 6.03 Å². The summed E-state index contributed by atoms with van der Waals surface area (Å²) in [6, 6.07) is 5.77. The molecule has 0 spiro atoms. The molecule has 2 amide bonds. The standard InChI is InChI=1S/C18H23N5O2/c1-25-14-10-23(11-14)13-8-16-15(19-9-13)6-7-17(21-16)22-18(24)20-12-4-2-3-5-12/h6-9,12,14H,2-5,10-11H2,1H3,(H2,20,21,22,24). The number of methoxy groups -OCH3 is 1. The van der Waals surface area contributed by atoms with Gasteiger partial charge in [-0.15, -0.1) is 0 Å². The molecular weight excluding hydrogens is 318 g/mol. The first-order valence-corrected chi connectivity index (χ1v) is 8.83. The van der Waals surface area contributed by atoms with Gasteiger partial charge in [0.25, 0.3) is 0 Å². The molecule has 132 valence electrons. The molecular formula is C18H23N5O2. The molecule has 0 atom stereocenters. The molecule has 1 saturated carbocycles. The lowest BCUT2D eigenvalue weighted by Gasteiger charge is -2.39. The van der Waals surface area contributed by atoms with Crippen LogP contribution in [0.1, 0.15) is 25.7 Å². The number of pyridine rings is 2. The fraction of sp³-hybridized carbons (Fsp3) is 0.500. The summed E-state index contributed by atoms with van der Waals surface area (Å²) in [6.45, 7) is 1.73. The topological polar surface area (TPSA) is 79.4 Å². The number of amides is 2. The van der Waals surface area contributed by atoms with Crippen molar-refractivity contribution in [3.05, 3.63) is 24.4 Å². The molecule has 0 aromatic carbocycles. The van der Waals surface area contributed by atoms with Crippen LogP contribution in [0.4, 0.5) is 16.3 Å². The SMILES string of the molecule is COC1CN(c2cnc3ccc(NC(=O)NC4CCCC4)nc3c2)C1. The van der Waals surface area contributed by atoms with E-state index in [4.69, 9.17) is 4.74 Å². The first-order chi connectivity index (χ1) is 12.2. The van der Waals surface area contributed by atoms with Crippen LogP contribution in [0.15, 0.2) is 24.4 Å². The van der Waals surface area contributed by atoms with Crippen LogP contribution < -0.4 is 15.5 Å². The molecule has 2 N–H and O–H groups in total. The van der Waals surface area contributed by atoms with Crippen LogP contribution in [-0.4, -0.2) is 48.3 Å². The van der Waals surface area contributed by atoms with Gasteiger partial charge in [-0.25, -0.2) is 9.78 Å². The van der Waals surface area contributed by atoms with Gasteiger partial charge in [0.2, 0.25) is 0 Å². The van der Waals surface area contributed by atoms with E-state index in [-0.39, 0.29) is 18.2 Å². The predicted octanol–water partition coefficient (Wildman–Crippen LogP) is 2.53. The highest BCUT2D eigenvalue weighted by Gasteiger charge is 2.27. The number of hydrogen-bond donors (Lipinski definition) is 2. The Bertz CT molecular complexity index is 769. The van der Waals surface area contributed by atoms with Crippen molar-refractivity contribution in [1.29, 1.82) is 0 Å². The number of nitrogens with one attached hydrogen (secondary N) is 2. The normalized spacial score (nSPS) is 18.4. The van der Waals surface area contributed by atoms with Crippen molar-refractivity contribution in [3.63, 3.8) is 0 Å². The number of hydrogen-bond acceptors (Lipinski definition) is 5. The molecule has 0 bridgehead atoms. The van der Waals surface area contributed by atoms with E-state index in [1.54, 1.807) is 13.2 Å². The second-order valence-electron chi connectivity index (χ2n) is 6.77. The maximum atomic E-state index is 12.1. The average molecular weight is 341 g/mol. The zero-order valence-corrected chi connectivity index (χ0v) is 14.4. The van der Waals surface area contributed by atoms with Gasteiger partial charge in [-0.1, -0.05) is 12.8 Å². The van der Waals surface area contributed by atoms with Crippen molar-refractivity contribution in [2.24, 2.45) is 0 Å². The summed E-state index contributed by atoms with van der Waals surface area (Å²) in [4.78, 5) is 23.3. The molecule has 7 heteroatoms. The minimum Gasteiger partial charge on any atom is -0.378 e. The van der Waals surface area contributed by atoms with E-state index in [0.717, 1.165) is 42.7 Å². The van der Waals surface area contributed by atoms with Crippen LogP contribution in [0, 0.1) is 0 Å². The lowest BCUT2D eigenvalue weighted by Crippen LogP contribution is -2.51. The molecule has 2 aromatic rings. The molecule has 0 unspecified atom stereocenters. The fourth-order valence-electron chi connectivity index (χ4n) is 3.44. The molecule has 1 aliphatic heterocycles. The quantitative estimate of drug-likeness (QED) is 0.893. The van der Waals surface area contributed by atoms with Gasteiger partial charge in [-0.2, -0.15) is 0 Å². The van der Waals surface area contributed by atoms with E-state index >= 15 is 0 Å². The Balaban J connectivity index is 1.45. The first-order valence-electron chi connectivity index (χ1n) is 8.83. The summed E-state index contributed by atoms with van der Waals surface area (Å²) in [7, 11) is 1.73. The summed E-state index contributed by atoms with van der Waals surface area (Å²) >= 11 is 0. The smallest absolute Gasteiger partial charge is 0.320 e. The van der Waals surface area contributed by atoms with Gasteiger partial charge in [0.1, 0.15) is 5.82 Å². The van der Waals surface area contributed by atoms with E-state index in [0.29, 0.717) is 5.82 Å². The Kier molecular flexibility index (Phi) is 4.40. The van der Waals surface area contributed by atoms with Crippen LogP contribution in [0.25, 0.3) is 11.0 Å². The molecule has 25 heavy (non-hydrogen) atoms.